The average Bonchev–Trinajstić information content (AvgIpc) is 2.81. The predicted octanol–water partition coefficient (Wildman–Crippen LogP) is 6.38. The fourth-order valence-corrected chi connectivity index (χ4v) is 4.33. The van der Waals surface area contributed by atoms with Crippen molar-refractivity contribution in [1.29, 1.82) is 0 Å². The molecule has 4 rings (SSSR count). The fourth-order valence-electron chi connectivity index (χ4n) is 4.33. The molecule has 0 saturated heterocycles. The van der Waals surface area contributed by atoms with Crippen molar-refractivity contribution in [2.45, 2.75) is 39.2 Å². The lowest BCUT2D eigenvalue weighted by molar-refractivity contribution is -0.107. The molecule has 1 N–H and O–H groups in total. The van der Waals surface area contributed by atoms with Crippen molar-refractivity contribution in [2.75, 3.05) is 16.8 Å². The van der Waals surface area contributed by atoms with Crippen molar-refractivity contribution in [2.24, 2.45) is 0 Å². The van der Waals surface area contributed by atoms with Crippen LogP contribution in [0.2, 0.25) is 0 Å². The summed E-state index contributed by atoms with van der Waals surface area (Å²) in [6.45, 7) is 2.92. The summed E-state index contributed by atoms with van der Waals surface area (Å²) >= 11 is 0. The van der Waals surface area contributed by atoms with Gasteiger partial charge in [-0.05, 0) is 60.6 Å². The minimum Gasteiger partial charge on any atom is -0.381 e. The van der Waals surface area contributed by atoms with Crippen LogP contribution in [0.4, 0.5) is 34.6 Å². The van der Waals surface area contributed by atoms with Gasteiger partial charge >= 0.3 is 0 Å². The van der Waals surface area contributed by atoms with Crippen LogP contribution in [-0.4, -0.2) is 12.8 Å². The molecule has 3 nitrogen and oxygen atoms in total. The van der Waals surface area contributed by atoms with Crippen molar-refractivity contribution in [3.8, 4) is 0 Å². The number of fused-ring (bicyclic) bond motifs is 1. The van der Waals surface area contributed by atoms with E-state index in [1.165, 1.54) is 6.07 Å². The van der Waals surface area contributed by atoms with E-state index in [1.54, 1.807) is 12.1 Å². The highest BCUT2D eigenvalue weighted by Crippen LogP contribution is 2.38. The summed E-state index contributed by atoms with van der Waals surface area (Å²) in [6, 6.07) is 10.9. The Morgan fingerprint density at radius 3 is 2.39 bits per heavy atom. The minimum atomic E-state index is -1.48. The summed E-state index contributed by atoms with van der Waals surface area (Å²) < 4.78 is 55.5. The zero-order valence-corrected chi connectivity index (χ0v) is 18.2. The van der Waals surface area contributed by atoms with Gasteiger partial charge in [-0.1, -0.05) is 18.2 Å². The third-order valence-electron chi connectivity index (χ3n) is 6.07. The van der Waals surface area contributed by atoms with Gasteiger partial charge in [-0.15, -0.1) is 0 Å². The summed E-state index contributed by atoms with van der Waals surface area (Å²) in [5.74, 6) is -4.27. The van der Waals surface area contributed by atoms with Crippen molar-refractivity contribution in [3.05, 3.63) is 88.0 Å². The van der Waals surface area contributed by atoms with Crippen molar-refractivity contribution >= 4 is 23.3 Å². The Morgan fingerprint density at radius 2 is 1.70 bits per heavy atom. The lowest BCUT2D eigenvalue weighted by atomic mass is 9.94. The second-order valence-electron chi connectivity index (χ2n) is 8.20. The first-order valence-corrected chi connectivity index (χ1v) is 10.9. The molecule has 172 valence electrons. The highest BCUT2D eigenvalue weighted by molar-refractivity contribution is 5.72. The molecule has 3 aromatic carbocycles. The van der Waals surface area contributed by atoms with Crippen molar-refractivity contribution in [1.82, 2.24) is 0 Å². The number of rotatable bonds is 7. The number of carbonyl (C=O) groups excluding carboxylic acids is 1. The molecule has 0 amide bonds. The topological polar surface area (TPSA) is 32.3 Å². The van der Waals surface area contributed by atoms with Gasteiger partial charge in [-0.2, -0.15) is 0 Å². The molecule has 0 fully saturated rings. The number of hydrogen-bond acceptors (Lipinski definition) is 3. The number of anilines is 3. The molecule has 1 aliphatic rings. The Kier molecular flexibility index (Phi) is 6.67. The van der Waals surface area contributed by atoms with Crippen molar-refractivity contribution in [3.63, 3.8) is 0 Å². The van der Waals surface area contributed by atoms with E-state index in [9.17, 15) is 22.4 Å². The molecule has 0 aliphatic carbocycles. The van der Waals surface area contributed by atoms with E-state index < -0.39 is 17.5 Å². The number of carbonyl (C=O) groups is 1. The smallest absolute Gasteiger partial charge is 0.194 e. The van der Waals surface area contributed by atoms with Crippen LogP contribution in [-0.2, 0) is 24.2 Å². The molecule has 0 atom stereocenters. The van der Waals surface area contributed by atoms with Gasteiger partial charge in [0.2, 0.25) is 0 Å². The molecular weight excluding hydrogens is 432 g/mol. The van der Waals surface area contributed by atoms with Crippen LogP contribution in [0.3, 0.4) is 0 Å². The average molecular weight is 456 g/mol. The summed E-state index contributed by atoms with van der Waals surface area (Å²) in [5, 5.41) is 3.22. The summed E-state index contributed by atoms with van der Waals surface area (Å²) in [4.78, 5) is 12.3. The van der Waals surface area contributed by atoms with Gasteiger partial charge in [0.1, 0.15) is 12.1 Å². The van der Waals surface area contributed by atoms with Gasteiger partial charge in [0.25, 0.3) is 0 Å². The van der Waals surface area contributed by atoms with E-state index in [0.29, 0.717) is 30.8 Å². The van der Waals surface area contributed by atoms with Crippen LogP contribution in [0.1, 0.15) is 35.1 Å². The molecule has 1 heterocycles. The van der Waals surface area contributed by atoms with E-state index in [2.05, 4.69) is 5.32 Å². The third-order valence-corrected chi connectivity index (χ3v) is 6.07. The first-order valence-electron chi connectivity index (χ1n) is 10.9. The Labute approximate surface area is 190 Å². The van der Waals surface area contributed by atoms with E-state index >= 15 is 0 Å². The van der Waals surface area contributed by atoms with Crippen LogP contribution in [0.15, 0.2) is 42.5 Å². The Bertz CT molecular complexity index is 1170. The van der Waals surface area contributed by atoms with Gasteiger partial charge in [0.05, 0.1) is 0 Å². The van der Waals surface area contributed by atoms with Gasteiger partial charge in [-0.3, -0.25) is 0 Å². The van der Waals surface area contributed by atoms with Crippen LogP contribution >= 0.6 is 0 Å². The first kappa shape index (κ1) is 22.8. The fraction of sp³-hybridized carbons (Fsp3) is 0.269. The second kappa shape index (κ2) is 9.65. The van der Waals surface area contributed by atoms with E-state index in [1.807, 2.05) is 24.0 Å². The molecule has 0 spiro atoms. The molecule has 3 aromatic rings. The third kappa shape index (κ3) is 4.72. The normalized spacial score (nSPS) is 13.1. The first-order chi connectivity index (χ1) is 15.9. The number of benzene rings is 3. The Morgan fingerprint density at radius 1 is 0.970 bits per heavy atom. The van der Waals surface area contributed by atoms with Crippen molar-refractivity contribution < 1.29 is 22.4 Å². The molecule has 7 heteroatoms. The highest BCUT2D eigenvalue weighted by atomic mass is 19.2. The number of halogens is 4. The summed E-state index contributed by atoms with van der Waals surface area (Å²) in [5.41, 5.74) is 5.18. The summed E-state index contributed by atoms with van der Waals surface area (Å²) in [6.07, 6.45) is 3.04. The van der Waals surface area contributed by atoms with Gasteiger partial charge in [0.15, 0.2) is 17.5 Å². The molecular formula is C26H24F4N2O. The number of aldehydes is 1. The van der Waals surface area contributed by atoms with Crippen LogP contribution in [0.5, 0.6) is 0 Å². The van der Waals surface area contributed by atoms with Gasteiger partial charge in [-0.25, -0.2) is 17.6 Å². The highest BCUT2D eigenvalue weighted by Gasteiger charge is 2.24. The number of nitrogens with zero attached hydrogens (tertiary/aromatic N) is 1. The molecule has 0 unspecified atom stereocenters. The monoisotopic (exact) mass is 456 g/mol. The Balaban J connectivity index is 1.59. The molecule has 0 radical (unpaired) electrons. The minimum absolute atomic E-state index is 0.272. The zero-order chi connectivity index (χ0) is 23.5. The van der Waals surface area contributed by atoms with E-state index in [-0.39, 0.29) is 17.9 Å². The maximum absolute atomic E-state index is 14.3. The largest absolute Gasteiger partial charge is 0.381 e. The molecule has 33 heavy (non-hydrogen) atoms. The second-order valence-corrected chi connectivity index (χ2v) is 8.20. The SMILES string of the molecule is Cc1c(CNc2ccc(CCC=O)c(F)c2)ccc2c1N(c1cc(F)c(F)c(F)c1)CCC2. The van der Waals surface area contributed by atoms with Gasteiger partial charge in [0, 0.05) is 48.7 Å². The quantitative estimate of drug-likeness (QED) is 0.254. The molecule has 0 bridgehead atoms. The maximum Gasteiger partial charge on any atom is 0.194 e. The van der Waals surface area contributed by atoms with Crippen LogP contribution < -0.4 is 10.2 Å². The lowest BCUT2D eigenvalue weighted by Crippen LogP contribution is -2.26. The summed E-state index contributed by atoms with van der Waals surface area (Å²) in [7, 11) is 0. The zero-order valence-electron chi connectivity index (χ0n) is 18.2. The predicted molar refractivity (Wildman–Crippen MR) is 121 cm³/mol. The van der Waals surface area contributed by atoms with E-state index in [0.717, 1.165) is 53.6 Å². The molecule has 0 saturated carbocycles. The lowest BCUT2D eigenvalue weighted by Gasteiger charge is -2.34. The van der Waals surface area contributed by atoms with E-state index in [4.69, 9.17) is 0 Å². The standard InChI is InChI=1S/C26H24F4N2O/c1-16-19(15-31-20-9-8-17(5-3-11-33)22(27)12-20)7-6-18-4-2-10-32(26(16)18)21-13-23(28)25(30)24(29)14-21/h6-9,11-14,31H,2-5,10,15H2,1H3. The van der Waals surface area contributed by atoms with Crippen LogP contribution in [0.25, 0.3) is 0 Å². The van der Waals surface area contributed by atoms with Gasteiger partial charge < -0.3 is 15.0 Å². The maximum atomic E-state index is 14.3. The Hall–Kier alpha value is -3.35. The number of aryl methyl sites for hydroxylation is 2. The molecule has 0 aromatic heterocycles. The number of hydrogen-bond donors (Lipinski definition) is 1. The van der Waals surface area contributed by atoms with Crippen LogP contribution in [0, 0.1) is 30.2 Å². The molecule has 1 aliphatic heterocycles. The number of nitrogens with one attached hydrogen (secondary N) is 1.